The van der Waals surface area contributed by atoms with Gasteiger partial charge in [0.15, 0.2) is 0 Å². The van der Waals surface area contributed by atoms with E-state index in [1.165, 1.54) is 12.8 Å². The van der Waals surface area contributed by atoms with E-state index in [1.54, 1.807) is 0 Å². The molecule has 0 heterocycles. The minimum absolute atomic E-state index is 0.369. The molecule has 1 aromatic carbocycles. The highest BCUT2D eigenvalue weighted by Crippen LogP contribution is 2.47. The lowest BCUT2D eigenvalue weighted by atomic mass is 9.92. The van der Waals surface area contributed by atoms with Gasteiger partial charge in [-0.15, -0.1) is 0 Å². The van der Waals surface area contributed by atoms with Gasteiger partial charge >= 0.3 is 0 Å². The van der Waals surface area contributed by atoms with Gasteiger partial charge in [0.1, 0.15) is 5.75 Å². The molecule has 1 fully saturated rings. The van der Waals surface area contributed by atoms with Crippen molar-refractivity contribution >= 4 is 0 Å². The van der Waals surface area contributed by atoms with E-state index in [0.29, 0.717) is 11.7 Å². The van der Waals surface area contributed by atoms with Crippen molar-refractivity contribution in [3.05, 3.63) is 28.8 Å². The van der Waals surface area contributed by atoms with Crippen LogP contribution in [-0.2, 0) is 6.42 Å². The Morgan fingerprint density at radius 3 is 2.69 bits per heavy atom. The predicted molar refractivity (Wildman–Crippen MR) is 62.5 cm³/mol. The fraction of sp³-hybridized carbons (Fsp3) is 0.571. The van der Waals surface area contributed by atoms with Gasteiger partial charge in [-0.05, 0) is 48.6 Å². The Labute approximate surface area is 95.9 Å². The molecular weight excluding hydrogens is 200 g/mol. The summed E-state index contributed by atoms with van der Waals surface area (Å²) in [5, 5.41) is 20.0. The summed E-state index contributed by atoms with van der Waals surface area (Å²) in [4.78, 5) is 0. The molecule has 1 aromatic rings. The van der Waals surface area contributed by atoms with Crippen LogP contribution in [0.2, 0.25) is 0 Å². The lowest BCUT2D eigenvalue weighted by molar-refractivity contribution is 0.180. The molecule has 2 aliphatic carbocycles. The molecule has 0 aromatic heterocycles. The fourth-order valence-corrected chi connectivity index (χ4v) is 2.90. The first-order chi connectivity index (χ1) is 7.68. The maximum Gasteiger partial charge on any atom is 0.122 e. The van der Waals surface area contributed by atoms with Crippen LogP contribution in [0.5, 0.6) is 5.75 Å². The van der Waals surface area contributed by atoms with Crippen molar-refractivity contribution in [2.75, 3.05) is 0 Å². The number of phenols is 1. The van der Waals surface area contributed by atoms with Crippen LogP contribution in [-0.4, -0.2) is 10.2 Å². The third-order valence-corrected chi connectivity index (χ3v) is 4.20. The molecule has 3 rings (SSSR count). The second-order valence-electron chi connectivity index (χ2n) is 5.25. The van der Waals surface area contributed by atoms with Gasteiger partial charge in [0, 0.05) is 5.56 Å². The highest BCUT2D eigenvalue weighted by atomic mass is 16.3. The van der Waals surface area contributed by atoms with Crippen molar-refractivity contribution in [3.8, 4) is 5.75 Å². The van der Waals surface area contributed by atoms with Gasteiger partial charge in [-0.3, -0.25) is 0 Å². The summed E-state index contributed by atoms with van der Waals surface area (Å²) in [7, 11) is 0. The number of aromatic hydroxyl groups is 1. The zero-order valence-electron chi connectivity index (χ0n) is 9.61. The van der Waals surface area contributed by atoms with E-state index < -0.39 is 0 Å². The maximum atomic E-state index is 10.3. The van der Waals surface area contributed by atoms with E-state index >= 15 is 0 Å². The summed E-state index contributed by atoms with van der Waals surface area (Å²) in [6, 6.07) is 4.01. The van der Waals surface area contributed by atoms with E-state index in [-0.39, 0.29) is 6.10 Å². The third kappa shape index (κ3) is 1.44. The summed E-state index contributed by atoms with van der Waals surface area (Å²) in [5.74, 6) is 1.67. The standard InChI is InChI=1S/C14H18O2/c1-8(9-2-3-9)10-4-5-11-12(14(10)16)6-7-13(11)15/h4-5,8-9,13,15-16H,2-3,6-7H2,1H3. The molecule has 2 aliphatic rings. The van der Waals surface area contributed by atoms with Gasteiger partial charge in [0.05, 0.1) is 6.10 Å². The summed E-state index contributed by atoms with van der Waals surface area (Å²) >= 11 is 0. The molecule has 0 amide bonds. The Hall–Kier alpha value is -1.02. The van der Waals surface area contributed by atoms with Crippen molar-refractivity contribution in [2.45, 2.75) is 44.6 Å². The first-order valence-corrected chi connectivity index (χ1v) is 6.21. The zero-order chi connectivity index (χ0) is 11.3. The van der Waals surface area contributed by atoms with E-state index in [4.69, 9.17) is 0 Å². The average molecular weight is 218 g/mol. The van der Waals surface area contributed by atoms with Crippen LogP contribution >= 0.6 is 0 Å². The molecular formula is C14H18O2. The summed E-state index contributed by atoms with van der Waals surface area (Å²) in [6.45, 7) is 2.20. The lowest BCUT2D eigenvalue weighted by Gasteiger charge is -2.15. The Balaban J connectivity index is 2.01. The number of aliphatic hydroxyl groups is 1. The smallest absolute Gasteiger partial charge is 0.122 e. The number of hydrogen-bond acceptors (Lipinski definition) is 2. The molecule has 16 heavy (non-hydrogen) atoms. The molecule has 0 saturated heterocycles. The molecule has 2 nitrogen and oxygen atoms in total. The van der Waals surface area contributed by atoms with Crippen LogP contribution in [0.25, 0.3) is 0 Å². The predicted octanol–water partition coefficient (Wildman–Crippen LogP) is 2.89. The number of rotatable bonds is 2. The quantitative estimate of drug-likeness (QED) is 0.801. The normalized spacial score (nSPS) is 25.5. The number of phenolic OH excluding ortho intramolecular Hbond substituents is 1. The van der Waals surface area contributed by atoms with Crippen molar-refractivity contribution in [3.63, 3.8) is 0 Å². The highest BCUT2D eigenvalue weighted by Gasteiger charge is 2.32. The second-order valence-corrected chi connectivity index (χ2v) is 5.25. The third-order valence-electron chi connectivity index (χ3n) is 4.20. The Bertz CT molecular complexity index is 421. The van der Waals surface area contributed by atoms with Gasteiger partial charge < -0.3 is 10.2 Å². The monoisotopic (exact) mass is 218 g/mol. The van der Waals surface area contributed by atoms with Gasteiger partial charge in [-0.1, -0.05) is 19.1 Å². The molecule has 0 aliphatic heterocycles. The van der Waals surface area contributed by atoms with Crippen LogP contribution in [0.3, 0.4) is 0 Å². The van der Waals surface area contributed by atoms with E-state index in [2.05, 4.69) is 6.92 Å². The SMILES string of the molecule is CC(c1ccc2c(c1O)CCC2O)C1CC1. The van der Waals surface area contributed by atoms with Crippen LogP contribution < -0.4 is 0 Å². The Morgan fingerprint density at radius 1 is 1.25 bits per heavy atom. The molecule has 1 saturated carbocycles. The lowest BCUT2D eigenvalue weighted by Crippen LogP contribution is -1.99. The number of hydrogen-bond donors (Lipinski definition) is 2. The largest absolute Gasteiger partial charge is 0.507 e. The minimum atomic E-state index is -0.369. The van der Waals surface area contributed by atoms with Crippen molar-refractivity contribution < 1.29 is 10.2 Å². The van der Waals surface area contributed by atoms with E-state index in [9.17, 15) is 10.2 Å². The molecule has 2 heteroatoms. The zero-order valence-corrected chi connectivity index (χ0v) is 9.61. The average Bonchev–Trinajstić information content (AvgIpc) is 3.04. The summed E-state index contributed by atoms with van der Waals surface area (Å²) < 4.78 is 0. The van der Waals surface area contributed by atoms with Gasteiger partial charge in [0.25, 0.3) is 0 Å². The maximum absolute atomic E-state index is 10.3. The van der Waals surface area contributed by atoms with Crippen molar-refractivity contribution in [1.82, 2.24) is 0 Å². The van der Waals surface area contributed by atoms with Crippen molar-refractivity contribution in [1.29, 1.82) is 0 Å². The van der Waals surface area contributed by atoms with Crippen LogP contribution in [0.1, 0.15) is 54.9 Å². The number of benzene rings is 1. The topological polar surface area (TPSA) is 40.5 Å². The molecule has 86 valence electrons. The molecule has 2 unspecified atom stereocenters. The Kier molecular flexibility index (Phi) is 2.21. The second kappa shape index (κ2) is 3.49. The minimum Gasteiger partial charge on any atom is -0.507 e. The van der Waals surface area contributed by atoms with E-state index in [0.717, 1.165) is 35.4 Å². The molecule has 2 atom stereocenters. The number of aliphatic hydroxyl groups excluding tert-OH is 1. The molecule has 0 radical (unpaired) electrons. The van der Waals surface area contributed by atoms with Crippen LogP contribution in [0.15, 0.2) is 12.1 Å². The number of fused-ring (bicyclic) bond motifs is 1. The van der Waals surface area contributed by atoms with Crippen LogP contribution in [0, 0.1) is 5.92 Å². The molecule has 2 N–H and O–H groups in total. The Morgan fingerprint density at radius 2 is 2.00 bits per heavy atom. The molecule has 0 bridgehead atoms. The van der Waals surface area contributed by atoms with Crippen molar-refractivity contribution in [2.24, 2.45) is 5.92 Å². The summed E-state index contributed by atoms with van der Waals surface area (Å²) in [6.07, 6.45) is 3.78. The van der Waals surface area contributed by atoms with Gasteiger partial charge in [0.2, 0.25) is 0 Å². The summed E-state index contributed by atoms with van der Waals surface area (Å²) in [5.41, 5.74) is 3.00. The first-order valence-electron chi connectivity index (χ1n) is 6.21. The highest BCUT2D eigenvalue weighted by molar-refractivity contribution is 5.50. The fourth-order valence-electron chi connectivity index (χ4n) is 2.90. The molecule has 0 spiro atoms. The van der Waals surface area contributed by atoms with Crippen LogP contribution in [0.4, 0.5) is 0 Å². The van der Waals surface area contributed by atoms with Gasteiger partial charge in [-0.25, -0.2) is 0 Å². The van der Waals surface area contributed by atoms with Gasteiger partial charge in [-0.2, -0.15) is 0 Å². The van der Waals surface area contributed by atoms with E-state index in [1.807, 2.05) is 12.1 Å². The first kappa shape index (κ1) is 10.2.